The van der Waals surface area contributed by atoms with E-state index in [4.69, 9.17) is 0 Å². The number of rotatable bonds is 5. The van der Waals surface area contributed by atoms with Crippen LogP contribution in [0, 0.1) is 13.8 Å². The summed E-state index contributed by atoms with van der Waals surface area (Å²) in [5.41, 5.74) is 4.36. The van der Waals surface area contributed by atoms with Crippen molar-refractivity contribution in [3.05, 3.63) is 95.1 Å². The lowest BCUT2D eigenvalue weighted by atomic mass is 10.1. The van der Waals surface area contributed by atoms with Crippen LogP contribution in [-0.4, -0.2) is 50.7 Å². The van der Waals surface area contributed by atoms with Gasteiger partial charge in [0.1, 0.15) is 6.17 Å². The number of benzene rings is 3. The first-order valence-corrected chi connectivity index (χ1v) is 12.4. The van der Waals surface area contributed by atoms with E-state index in [2.05, 4.69) is 0 Å². The topological polar surface area (TPSA) is 60.9 Å². The first-order chi connectivity index (χ1) is 15.7. The Kier molecular flexibility index (Phi) is 6.28. The number of amides is 1. The summed E-state index contributed by atoms with van der Waals surface area (Å²) in [6.07, 6.45) is -0.721. The van der Waals surface area contributed by atoms with E-state index in [0.717, 1.165) is 22.4 Å². The largest absolute Gasteiger partial charge is 0.378 e. The third-order valence-corrected chi connectivity index (χ3v) is 7.89. The van der Waals surface area contributed by atoms with Gasteiger partial charge in [0.25, 0.3) is 5.91 Å². The van der Waals surface area contributed by atoms with Crippen molar-refractivity contribution >= 4 is 21.6 Å². The van der Waals surface area contributed by atoms with Gasteiger partial charge in [-0.15, -0.1) is 0 Å². The Morgan fingerprint density at radius 2 is 1.36 bits per heavy atom. The summed E-state index contributed by atoms with van der Waals surface area (Å²) in [5, 5.41) is 0. The average Bonchev–Trinajstić information content (AvgIpc) is 3.25. The smallest absolute Gasteiger partial charge is 0.255 e. The van der Waals surface area contributed by atoms with Gasteiger partial charge in [0.15, 0.2) is 0 Å². The minimum atomic E-state index is -3.81. The minimum Gasteiger partial charge on any atom is -0.378 e. The molecule has 4 rings (SSSR count). The Morgan fingerprint density at radius 3 is 1.91 bits per heavy atom. The lowest BCUT2D eigenvalue weighted by Gasteiger charge is -2.30. The van der Waals surface area contributed by atoms with Gasteiger partial charge in [0, 0.05) is 38.4 Å². The van der Waals surface area contributed by atoms with Gasteiger partial charge in [-0.3, -0.25) is 4.79 Å². The molecule has 1 unspecified atom stereocenters. The summed E-state index contributed by atoms with van der Waals surface area (Å²) in [6.45, 7) is 4.43. The molecule has 1 amide bonds. The molecule has 0 aromatic heterocycles. The molecule has 3 aromatic carbocycles. The first kappa shape index (κ1) is 23.0. The quantitative estimate of drug-likeness (QED) is 0.569. The molecule has 1 aliphatic heterocycles. The van der Waals surface area contributed by atoms with Crippen LogP contribution in [0.2, 0.25) is 0 Å². The fraction of sp³-hybridized carbons (Fsp3) is 0.269. The third kappa shape index (κ3) is 4.51. The highest BCUT2D eigenvalue weighted by Crippen LogP contribution is 2.36. The van der Waals surface area contributed by atoms with Crippen molar-refractivity contribution in [1.82, 2.24) is 9.21 Å². The number of aryl methyl sites for hydroxylation is 2. The van der Waals surface area contributed by atoms with Gasteiger partial charge >= 0.3 is 0 Å². The number of hydrogen-bond acceptors (Lipinski definition) is 4. The summed E-state index contributed by atoms with van der Waals surface area (Å²) < 4.78 is 28.7. The molecule has 0 aliphatic carbocycles. The highest BCUT2D eigenvalue weighted by Gasteiger charge is 2.43. The van der Waals surface area contributed by atoms with E-state index in [1.807, 2.05) is 69.2 Å². The van der Waals surface area contributed by atoms with Crippen molar-refractivity contribution in [2.24, 2.45) is 0 Å². The maximum absolute atomic E-state index is 13.6. The molecule has 1 aliphatic rings. The van der Waals surface area contributed by atoms with Crippen molar-refractivity contribution in [3.8, 4) is 0 Å². The van der Waals surface area contributed by atoms with Crippen LogP contribution < -0.4 is 4.90 Å². The van der Waals surface area contributed by atoms with E-state index in [1.54, 1.807) is 41.3 Å². The van der Waals surface area contributed by atoms with Gasteiger partial charge in [-0.25, -0.2) is 8.42 Å². The Labute approximate surface area is 196 Å². The first-order valence-electron chi connectivity index (χ1n) is 10.9. The van der Waals surface area contributed by atoms with Crippen molar-refractivity contribution in [2.45, 2.75) is 24.9 Å². The van der Waals surface area contributed by atoms with Crippen LogP contribution in [-0.2, 0) is 10.0 Å². The molecule has 3 aromatic rings. The standard InChI is InChI=1S/C26H29N3O3S/c1-19-5-9-22(10-6-19)26(30)28-17-18-29(33(31,32)24-15-7-20(2)8-16-24)25(28)21-11-13-23(14-12-21)27(3)4/h5-16,25H,17-18H2,1-4H3. The lowest BCUT2D eigenvalue weighted by molar-refractivity contribution is 0.0693. The Hall–Kier alpha value is -3.16. The molecular formula is C26H29N3O3S. The average molecular weight is 464 g/mol. The van der Waals surface area contributed by atoms with Gasteiger partial charge in [0.05, 0.1) is 4.90 Å². The van der Waals surface area contributed by atoms with E-state index >= 15 is 0 Å². The van der Waals surface area contributed by atoms with Crippen LogP contribution in [0.4, 0.5) is 5.69 Å². The van der Waals surface area contributed by atoms with Crippen LogP contribution in [0.1, 0.15) is 33.2 Å². The van der Waals surface area contributed by atoms with Crippen molar-refractivity contribution in [1.29, 1.82) is 0 Å². The predicted octanol–water partition coefficient (Wildman–Crippen LogP) is 4.21. The van der Waals surface area contributed by atoms with Crippen LogP contribution in [0.15, 0.2) is 77.7 Å². The van der Waals surface area contributed by atoms with Gasteiger partial charge in [-0.2, -0.15) is 4.31 Å². The molecule has 1 atom stereocenters. The second kappa shape index (κ2) is 9.00. The number of anilines is 1. The molecule has 0 N–H and O–H groups in total. The van der Waals surface area contributed by atoms with Crippen molar-refractivity contribution in [3.63, 3.8) is 0 Å². The molecule has 6 nitrogen and oxygen atoms in total. The normalized spacial score (nSPS) is 16.7. The fourth-order valence-corrected chi connectivity index (χ4v) is 5.64. The van der Waals surface area contributed by atoms with Crippen LogP contribution in [0.5, 0.6) is 0 Å². The molecule has 1 heterocycles. The second-order valence-electron chi connectivity index (χ2n) is 8.65. The maximum Gasteiger partial charge on any atom is 0.255 e. The predicted molar refractivity (Wildman–Crippen MR) is 131 cm³/mol. The van der Waals surface area contributed by atoms with Gasteiger partial charge in [-0.1, -0.05) is 47.5 Å². The Morgan fingerprint density at radius 1 is 0.818 bits per heavy atom. The van der Waals surface area contributed by atoms with Crippen molar-refractivity contribution < 1.29 is 13.2 Å². The van der Waals surface area contributed by atoms with Crippen LogP contribution in [0.25, 0.3) is 0 Å². The van der Waals surface area contributed by atoms with Crippen LogP contribution in [0.3, 0.4) is 0 Å². The molecule has 0 saturated carbocycles. The van der Waals surface area contributed by atoms with E-state index in [1.165, 1.54) is 4.31 Å². The van der Waals surface area contributed by atoms with E-state index in [9.17, 15) is 13.2 Å². The van der Waals surface area contributed by atoms with E-state index in [-0.39, 0.29) is 17.3 Å². The Balaban J connectivity index is 1.76. The highest BCUT2D eigenvalue weighted by molar-refractivity contribution is 7.89. The molecule has 172 valence electrons. The monoisotopic (exact) mass is 463 g/mol. The molecule has 7 heteroatoms. The SMILES string of the molecule is Cc1ccc(C(=O)N2CCN(S(=O)(=O)c3ccc(C)cc3)C2c2ccc(N(C)C)cc2)cc1. The summed E-state index contributed by atoms with van der Waals surface area (Å²) in [7, 11) is 0.0951. The van der Waals surface area contributed by atoms with E-state index < -0.39 is 16.2 Å². The second-order valence-corrected chi connectivity index (χ2v) is 10.5. The van der Waals surface area contributed by atoms with Gasteiger partial charge < -0.3 is 9.80 Å². The molecular weight excluding hydrogens is 434 g/mol. The zero-order chi connectivity index (χ0) is 23.8. The van der Waals surface area contributed by atoms with Crippen molar-refractivity contribution in [2.75, 3.05) is 32.1 Å². The minimum absolute atomic E-state index is 0.182. The van der Waals surface area contributed by atoms with E-state index in [0.29, 0.717) is 12.1 Å². The molecule has 0 radical (unpaired) electrons. The Bertz CT molecular complexity index is 1240. The molecule has 0 spiro atoms. The maximum atomic E-state index is 13.6. The molecule has 1 fully saturated rings. The highest BCUT2D eigenvalue weighted by atomic mass is 32.2. The van der Waals surface area contributed by atoms with Crippen LogP contribution >= 0.6 is 0 Å². The summed E-state index contributed by atoms with van der Waals surface area (Å²) in [6, 6.07) is 21.9. The number of nitrogens with zero attached hydrogens (tertiary/aromatic N) is 3. The summed E-state index contributed by atoms with van der Waals surface area (Å²) in [4.78, 5) is 17.3. The molecule has 33 heavy (non-hydrogen) atoms. The number of hydrogen-bond donors (Lipinski definition) is 0. The summed E-state index contributed by atoms with van der Waals surface area (Å²) >= 11 is 0. The zero-order valence-electron chi connectivity index (χ0n) is 19.4. The third-order valence-electron chi connectivity index (χ3n) is 6.02. The number of carbonyl (C=O) groups is 1. The number of carbonyl (C=O) groups excluding carboxylic acids is 1. The summed E-state index contributed by atoms with van der Waals surface area (Å²) in [5.74, 6) is -0.182. The van der Waals surface area contributed by atoms with Gasteiger partial charge in [0.2, 0.25) is 10.0 Å². The molecule has 1 saturated heterocycles. The zero-order valence-corrected chi connectivity index (χ0v) is 20.2. The number of sulfonamides is 1. The fourth-order valence-electron chi connectivity index (χ4n) is 4.07. The van der Waals surface area contributed by atoms with Gasteiger partial charge in [-0.05, 0) is 55.8 Å². The lowest BCUT2D eigenvalue weighted by Crippen LogP contribution is -2.38. The molecule has 0 bridgehead atoms.